The summed E-state index contributed by atoms with van der Waals surface area (Å²) in [6.07, 6.45) is 1.93. The van der Waals surface area contributed by atoms with Gasteiger partial charge in [0.2, 0.25) is 5.91 Å². The summed E-state index contributed by atoms with van der Waals surface area (Å²) < 4.78 is 1.68. The largest absolute Gasteiger partial charge is 0.351 e. The van der Waals surface area contributed by atoms with Crippen molar-refractivity contribution in [2.75, 3.05) is 31.1 Å². The quantitative estimate of drug-likeness (QED) is 0.385. The molecule has 1 aliphatic heterocycles. The lowest BCUT2D eigenvalue weighted by molar-refractivity contribution is -0.130. The van der Waals surface area contributed by atoms with Crippen molar-refractivity contribution in [2.45, 2.75) is 6.42 Å². The molecule has 174 valence electrons. The fourth-order valence-corrected chi connectivity index (χ4v) is 4.74. The van der Waals surface area contributed by atoms with Crippen molar-refractivity contribution in [3.8, 4) is 5.69 Å². The normalized spacial score (nSPS) is 14.1. The number of piperazine rings is 1. The molecule has 9 heteroatoms. The van der Waals surface area contributed by atoms with E-state index in [1.807, 2.05) is 41.3 Å². The third-order valence-corrected chi connectivity index (χ3v) is 6.70. The van der Waals surface area contributed by atoms with Gasteiger partial charge in [-0.15, -0.1) is 5.10 Å². The second-order valence-electron chi connectivity index (χ2n) is 8.53. The molecule has 0 spiro atoms. The lowest BCUT2D eigenvalue weighted by Crippen LogP contribution is -2.49. The summed E-state index contributed by atoms with van der Waals surface area (Å²) in [5.74, 6) is 0.874. The molecule has 1 amide bonds. The summed E-state index contributed by atoms with van der Waals surface area (Å²) >= 11 is 6.02. The van der Waals surface area contributed by atoms with Crippen LogP contribution in [0.5, 0.6) is 0 Å². The summed E-state index contributed by atoms with van der Waals surface area (Å²) in [7, 11) is 0. The zero-order valence-corrected chi connectivity index (χ0v) is 19.6. The fraction of sp³-hybridized carbons (Fsp3) is 0.192. The Bertz CT molecular complexity index is 1520. The summed E-state index contributed by atoms with van der Waals surface area (Å²) in [6.45, 7) is 2.59. The molecule has 0 unspecified atom stereocenters. The first-order chi connectivity index (χ1) is 17.2. The van der Waals surface area contributed by atoms with E-state index >= 15 is 0 Å². The Balaban J connectivity index is 1.18. The number of hydrogen-bond acceptors (Lipinski definition) is 6. The number of fused-ring (bicyclic) bond motifs is 2. The molecule has 3 aromatic carbocycles. The van der Waals surface area contributed by atoms with E-state index in [4.69, 9.17) is 11.6 Å². The Morgan fingerprint density at radius 1 is 0.886 bits per heavy atom. The summed E-state index contributed by atoms with van der Waals surface area (Å²) in [5, 5.41) is 11.6. The molecule has 5 aromatic rings. The minimum absolute atomic E-state index is 0.141. The molecule has 1 aliphatic rings. The van der Waals surface area contributed by atoms with Gasteiger partial charge in [-0.1, -0.05) is 59.3 Å². The van der Waals surface area contributed by atoms with Gasteiger partial charge in [-0.2, -0.15) is 4.68 Å². The Kier molecular flexibility index (Phi) is 5.50. The maximum atomic E-state index is 13.1. The van der Waals surface area contributed by atoms with Crippen LogP contribution in [0.15, 0.2) is 73.1 Å². The Hall–Kier alpha value is -4.04. The average molecular weight is 484 g/mol. The lowest BCUT2D eigenvalue weighted by Gasteiger charge is -2.35. The minimum atomic E-state index is 0.141. The number of rotatable bonds is 4. The van der Waals surface area contributed by atoms with Crippen LogP contribution in [-0.4, -0.2) is 61.9 Å². The second-order valence-corrected chi connectivity index (χ2v) is 8.97. The number of hydrogen-bond donors (Lipinski definition) is 0. The molecule has 0 atom stereocenters. The highest BCUT2D eigenvalue weighted by molar-refractivity contribution is 6.30. The third-order valence-electron chi connectivity index (χ3n) is 6.44. The van der Waals surface area contributed by atoms with E-state index in [0.29, 0.717) is 48.8 Å². The third kappa shape index (κ3) is 4.06. The van der Waals surface area contributed by atoms with Gasteiger partial charge in [0.1, 0.15) is 6.33 Å². The number of nitrogens with zero attached hydrogens (tertiary/aromatic N) is 7. The predicted molar refractivity (Wildman–Crippen MR) is 136 cm³/mol. The molecule has 0 aliphatic carbocycles. The fourth-order valence-electron chi connectivity index (χ4n) is 4.61. The van der Waals surface area contributed by atoms with Crippen molar-refractivity contribution >= 4 is 45.3 Å². The average Bonchev–Trinajstić information content (AvgIpc) is 3.34. The number of aromatic nitrogens is 5. The molecule has 8 nitrogen and oxygen atoms in total. The van der Waals surface area contributed by atoms with Gasteiger partial charge in [0.15, 0.2) is 17.0 Å². The van der Waals surface area contributed by atoms with Crippen molar-refractivity contribution in [2.24, 2.45) is 0 Å². The molecule has 2 aromatic heterocycles. The molecule has 6 rings (SSSR count). The number of anilines is 1. The van der Waals surface area contributed by atoms with E-state index in [1.54, 1.807) is 16.8 Å². The van der Waals surface area contributed by atoms with Crippen LogP contribution in [0.1, 0.15) is 5.56 Å². The van der Waals surface area contributed by atoms with Gasteiger partial charge in [0, 0.05) is 31.2 Å². The van der Waals surface area contributed by atoms with Gasteiger partial charge in [0.25, 0.3) is 0 Å². The van der Waals surface area contributed by atoms with Crippen LogP contribution in [0.3, 0.4) is 0 Å². The molecule has 0 radical (unpaired) electrons. The van der Waals surface area contributed by atoms with Crippen LogP contribution >= 0.6 is 11.6 Å². The van der Waals surface area contributed by atoms with Crippen molar-refractivity contribution in [1.29, 1.82) is 0 Å². The van der Waals surface area contributed by atoms with E-state index < -0.39 is 0 Å². The van der Waals surface area contributed by atoms with E-state index in [0.717, 1.165) is 27.8 Å². The van der Waals surface area contributed by atoms with Gasteiger partial charge in [-0.3, -0.25) is 4.79 Å². The molecular weight excluding hydrogens is 462 g/mol. The summed E-state index contributed by atoms with van der Waals surface area (Å²) in [4.78, 5) is 26.1. The molecule has 35 heavy (non-hydrogen) atoms. The minimum Gasteiger partial charge on any atom is -0.351 e. The predicted octanol–water partition coefficient (Wildman–Crippen LogP) is 3.91. The Morgan fingerprint density at radius 2 is 1.66 bits per heavy atom. The molecule has 1 saturated heterocycles. The van der Waals surface area contributed by atoms with Crippen LogP contribution in [-0.2, 0) is 11.2 Å². The van der Waals surface area contributed by atoms with Crippen LogP contribution in [0, 0.1) is 0 Å². The molecule has 3 heterocycles. The van der Waals surface area contributed by atoms with E-state index in [1.165, 1.54) is 6.33 Å². The SMILES string of the molecule is O=C(Cc1cccc2ccccc12)N1CCN(c2ncnc3c2nnn3-c2ccc(Cl)cc2)CC1. The van der Waals surface area contributed by atoms with E-state index in [-0.39, 0.29) is 5.91 Å². The summed E-state index contributed by atoms with van der Waals surface area (Å²) in [5.41, 5.74) is 3.15. The van der Waals surface area contributed by atoms with Gasteiger partial charge < -0.3 is 9.80 Å². The number of halogens is 1. The first-order valence-corrected chi connectivity index (χ1v) is 11.9. The van der Waals surface area contributed by atoms with Crippen LogP contribution in [0.2, 0.25) is 5.02 Å². The Labute approximate surface area is 206 Å². The number of carbonyl (C=O) groups excluding carboxylic acids is 1. The van der Waals surface area contributed by atoms with Crippen molar-refractivity contribution in [3.05, 3.63) is 83.6 Å². The first kappa shape index (κ1) is 21.5. The zero-order valence-electron chi connectivity index (χ0n) is 18.9. The van der Waals surface area contributed by atoms with Gasteiger partial charge in [0.05, 0.1) is 12.1 Å². The molecule has 1 fully saturated rings. The summed E-state index contributed by atoms with van der Waals surface area (Å²) in [6, 6.07) is 21.7. The van der Waals surface area contributed by atoms with Crippen molar-refractivity contribution in [3.63, 3.8) is 0 Å². The molecule has 0 saturated carbocycles. The zero-order chi connectivity index (χ0) is 23.8. The molecular formula is C26H22ClN7O. The molecule has 0 bridgehead atoms. The maximum absolute atomic E-state index is 13.1. The van der Waals surface area contributed by atoms with E-state index in [2.05, 4.69) is 43.4 Å². The number of carbonyl (C=O) groups is 1. The number of amides is 1. The highest BCUT2D eigenvalue weighted by Gasteiger charge is 2.25. The Morgan fingerprint density at radius 3 is 2.49 bits per heavy atom. The standard InChI is InChI=1S/C26H22ClN7O/c27-20-8-10-21(11-9-20)34-26-24(30-31-34)25(28-17-29-26)33-14-12-32(13-15-33)23(35)16-19-6-3-5-18-4-1-2-7-22(18)19/h1-11,17H,12-16H2. The highest BCUT2D eigenvalue weighted by atomic mass is 35.5. The van der Waals surface area contributed by atoms with Crippen molar-refractivity contribution in [1.82, 2.24) is 29.9 Å². The van der Waals surface area contributed by atoms with Gasteiger partial charge in [-0.05, 0) is 40.6 Å². The van der Waals surface area contributed by atoms with Crippen LogP contribution in [0.25, 0.3) is 27.6 Å². The van der Waals surface area contributed by atoms with Crippen molar-refractivity contribution < 1.29 is 4.79 Å². The topological polar surface area (TPSA) is 80.0 Å². The highest BCUT2D eigenvalue weighted by Crippen LogP contribution is 2.25. The van der Waals surface area contributed by atoms with Gasteiger partial charge >= 0.3 is 0 Å². The maximum Gasteiger partial charge on any atom is 0.227 e. The smallest absolute Gasteiger partial charge is 0.227 e. The van der Waals surface area contributed by atoms with Gasteiger partial charge in [-0.25, -0.2) is 9.97 Å². The second kappa shape index (κ2) is 8.96. The monoisotopic (exact) mass is 483 g/mol. The first-order valence-electron chi connectivity index (χ1n) is 11.5. The molecule has 0 N–H and O–H groups in total. The van der Waals surface area contributed by atoms with Crippen LogP contribution < -0.4 is 4.90 Å². The van der Waals surface area contributed by atoms with E-state index in [9.17, 15) is 4.79 Å². The number of benzene rings is 3. The van der Waals surface area contributed by atoms with Crippen LogP contribution in [0.4, 0.5) is 5.82 Å². The lowest BCUT2D eigenvalue weighted by atomic mass is 10.0.